The van der Waals surface area contributed by atoms with Crippen LogP contribution in [0, 0.1) is 10.8 Å². The summed E-state index contributed by atoms with van der Waals surface area (Å²) in [5, 5.41) is 12.0. The molecule has 2 fully saturated rings. The fraction of sp³-hybridized carbons (Fsp3) is 0.857. The fourth-order valence-electron chi connectivity index (χ4n) is 3.11. The molecule has 0 aromatic heterocycles. The number of rotatable bonds is 3. The van der Waals surface area contributed by atoms with Gasteiger partial charge in [0, 0.05) is 13.1 Å². The van der Waals surface area contributed by atoms with E-state index in [4.69, 9.17) is 10.9 Å². The Hall–Kier alpha value is -1.26. The highest BCUT2D eigenvalue weighted by Gasteiger charge is 2.50. The van der Waals surface area contributed by atoms with Crippen molar-refractivity contribution in [3.05, 3.63) is 0 Å². The van der Waals surface area contributed by atoms with E-state index < -0.39 is 5.41 Å². The standard InChI is InChI=1S/C14H25N3O2/c1-3-13(2)7-9-17(10-8-13)12(18)14(5-4-6-14)11(15)16-19/h19H,3-10H2,1-2H3,(H2,15,16). The summed E-state index contributed by atoms with van der Waals surface area (Å²) in [6.45, 7) is 6.09. The lowest BCUT2D eigenvalue weighted by Crippen LogP contribution is -2.57. The molecule has 19 heavy (non-hydrogen) atoms. The van der Waals surface area contributed by atoms with E-state index in [-0.39, 0.29) is 11.7 Å². The summed E-state index contributed by atoms with van der Waals surface area (Å²) in [5.41, 5.74) is 5.40. The fourth-order valence-corrected chi connectivity index (χ4v) is 3.11. The molecule has 1 amide bonds. The second-order valence-electron chi connectivity index (χ2n) is 6.38. The van der Waals surface area contributed by atoms with Gasteiger partial charge in [-0.25, -0.2) is 0 Å². The zero-order valence-corrected chi connectivity index (χ0v) is 12.0. The number of likely N-dealkylation sites (tertiary alicyclic amines) is 1. The van der Waals surface area contributed by atoms with Crippen LogP contribution in [0.2, 0.25) is 0 Å². The van der Waals surface area contributed by atoms with E-state index >= 15 is 0 Å². The van der Waals surface area contributed by atoms with Crippen LogP contribution in [-0.2, 0) is 4.79 Å². The normalized spacial score (nSPS) is 25.8. The minimum atomic E-state index is -0.714. The van der Waals surface area contributed by atoms with Crippen LogP contribution < -0.4 is 5.73 Å². The quantitative estimate of drug-likeness (QED) is 0.355. The molecule has 1 aliphatic heterocycles. The van der Waals surface area contributed by atoms with Crippen molar-refractivity contribution >= 4 is 11.7 Å². The largest absolute Gasteiger partial charge is 0.409 e. The molecule has 0 bridgehead atoms. The van der Waals surface area contributed by atoms with Gasteiger partial charge in [0.15, 0.2) is 5.84 Å². The molecule has 108 valence electrons. The molecule has 1 saturated heterocycles. The third-order valence-corrected chi connectivity index (χ3v) is 5.33. The Morgan fingerprint density at radius 2 is 1.89 bits per heavy atom. The average Bonchev–Trinajstić information content (AvgIpc) is 2.38. The second kappa shape index (κ2) is 5.02. The predicted molar refractivity (Wildman–Crippen MR) is 73.9 cm³/mol. The van der Waals surface area contributed by atoms with Crippen LogP contribution in [0.1, 0.15) is 52.4 Å². The van der Waals surface area contributed by atoms with Crippen molar-refractivity contribution in [1.82, 2.24) is 4.90 Å². The van der Waals surface area contributed by atoms with Crippen molar-refractivity contribution in [1.29, 1.82) is 0 Å². The molecule has 2 rings (SSSR count). The van der Waals surface area contributed by atoms with Crippen molar-refractivity contribution in [3.8, 4) is 0 Å². The van der Waals surface area contributed by atoms with Crippen LogP contribution in [0.5, 0.6) is 0 Å². The maximum Gasteiger partial charge on any atom is 0.236 e. The molecule has 2 aliphatic rings. The van der Waals surface area contributed by atoms with E-state index in [0.717, 1.165) is 38.8 Å². The molecule has 0 aromatic rings. The van der Waals surface area contributed by atoms with Crippen molar-refractivity contribution in [2.45, 2.75) is 52.4 Å². The van der Waals surface area contributed by atoms with Crippen molar-refractivity contribution in [2.75, 3.05) is 13.1 Å². The van der Waals surface area contributed by atoms with E-state index in [9.17, 15) is 4.79 Å². The van der Waals surface area contributed by atoms with Crippen molar-refractivity contribution < 1.29 is 10.0 Å². The van der Waals surface area contributed by atoms with Crippen LogP contribution in [0.25, 0.3) is 0 Å². The zero-order valence-electron chi connectivity index (χ0n) is 12.0. The Labute approximate surface area is 114 Å². The number of hydrogen-bond acceptors (Lipinski definition) is 3. The highest BCUT2D eigenvalue weighted by molar-refractivity contribution is 6.07. The van der Waals surface area contributed by atoms with Gasteiger partial charge in [-0.15, -0.1) is 0 Å². The summed E-state index contributed by atoms with van der Waals surface area (Å²) >= 11 is 0. The third kappa shape index (κ3) is 2.30. The summed E-state index contributed by atoms with van der Waals surface area (Å²) in [6, 6.07) is 0. The van der Waals surface area contributed by atoms with Gasteiger partial charge in [0.25, 0.3) is 0 Å². The molecular formula is C14H25N3O2. The van der Waals surface area contributed by atoms with Crippen molar-refractivity contribution in [3.63, 3.8) is 0 Å². The van der Waals surface area contributed by atoms with E-state index in [1.165, 1.54) is 0 Å². The first kappa shape index (κ1) is 14.2. The van der Waals surface area contributed by atoms with Gasteiger partial charge in [0.05, 0.1) is 0 Å². The van der Waals surface area contributed by atoms with Gasteiger partial charge < -0.3 is 15.8 Å². The molecule has 1 aliphatic carbocycles. The number of hydrogen-bond donors (Lipinski definition) is 2. The van der Waals surface area contributed by atoms with E-state index in [1.807, 2.05) is 4.90 Å². The molecule has 0 radical (unpaired) electrons. The Kier molecular flexibility index (Phi) is 3.74. The summed E-state index contributed by atoms with van der Waals surface area (Å²) < 4.78 is 0. The Balaban J connectivity index is 2.05. The Bertz CT molecular complexity index is 380. The molecule has 3 N–H and O–H groups in total. The number of amidine groups is 1. The first-order chi connectivity index (χ1) is 8.97. The smallest absolute Gasteiger partial charge is 0.236 e. The Morgan fingerprint density at radius 3 is 2.26 bits per heavy atom. The topological polar surface area (TPSA) is 78.9 Å². The third-order valence-electron chi connectivity index (χ3n) is 5.33. The minimum Gasteiger partial charge on any atom is -0.409 e. The number of piperidine rings is 1. The van der Waals surface area contributed by atoms with E-state index in [1.54, 1.807) is 0 Å². The SMILES string of the molecule is CCC1(C)CCN(C(=O)C2(C(N)=NO)CCC2)CC1. The number of oxime groups is 1. The van der Waals surface area contributed by atoms with E-state index in [0.29, 0.717) is 18.3 Å². The monoisotopic (exact) mass is 267 g/mol. The molecule has 1 heterocycles. The summed E-state index contributed by atoms with van der Waals surface area (Å²) in [5.74, 6) is 0.153. The van der Waals surface area contributed by atoms with Crippen LogP contribution >= 0.6 is 0 Å². The van der Waals surface area contributed by atoms with Gasteiger partial charge in [-0.3, -0.25) is 4.79 Å². The van der Waals surface area contributed by atoms with Gasteiger partial charge in [0.2, 0.25) is 5.91 Å². The lowest BCUT2D eigenvalue weighted by Gasteiger charge is -2.46. The van der Waals surface area contributed by atoms with Crippen LogP contribution in [0.15, 0.2) is 5.16 Å². The first-order valence-corrected chi connectivity index (χ1v) is 7.25. The molecular weight excluding hydrogens is 242 g/mol. The van der Waals surface area contributed by atoms with Crippen molar-refractivity contribution in [2.24, 2.45) is 21.7 Å². The maximum absolute atomic E-state index is 12.7. The maximum atomic E-state index is 12.7. The predicted octanol–water partition coefficient (Wildman–Crippen LogP) is 1.94. The van der Waals surface area contributed by atoms with E-state index in [2.05, 4.69) is 19.0 Å². The van der Waals surface area contributed by atoms with Gasteiger partial charge in [-0.05, 0) is 31.1 Å². The van der Waals surface area contributed by atoms with Gasteiger partial charge in [-0.2, -0.15) is 0 Å². The molecule has 0 unspecified atom stereocenters. The summed E-state index contributed by atoms with van der Waals surface area (Å²) in [7, 11) is 0. The molecule has 1 saturated carbocycles. The number of nitrogens with zero attached hydrogens (tertiary/aromatic N) is 2. The minimum absolute atomic E-state index is 0.0622. The summed E-state index contributed by atoms with van der Waals surface area (Å²) in [4.78, 5) is 14.6. The van der Waals surface area contributed by atoms with Crippen LogP contribution in [-0.4, -0.2) is 34.9 Å². The lowest BCUT2D eigenvalue weighted by molar-refractivity contribution is -0.144. The van der Waals surface area contributed by atoms with Gasteiger partial charge in [-0.1, -0.05) is 31.8 Å². The second-order valence-corrected chi connectivity index (χ2v) is 6.38. The average molecular weight is 267 g/mol. The molecule has 0 spiro atoms. The molecule has 5 heteroatoms. The lowest BCUT2D eigenvalue weighted by atomic mass is 9.66. The molecule has 0 atom stereocenters. The molecule has 0 aromatic carbocycles. The Morgan fingerprint density at radius 1 is 1.32 bits per heavy atom. The van der Waals surface area contributed by atoms with Crippen LogP contribution in [0.4, 0.5) is 0 Å². The summed E-state index contributed by atoms with van der Waals surface area (Å²) in [6.07, 6.45) is 5.64. The van der Waals surface area contributed by atoms with Gasteiger partial charge in [0.1, 0.15) is 5.41 Å². The van der Waals surface area contributed by atoms with Crippen LogP contribution in [0.3, 0.4) is 0 Å². The molecule has 5 nitrogen and oxygen atoms in total. The number of amides is 1. The van der Waals surface area contributed by atoms with Gasteiger partial charge >= 0.3 is 0 Å². The highest BCUT2D eigenvalue weighted by atomic mass is 16.4. The zero-order chi connectivity index (χ0) is 14.1. The number of carbonyl (C=O) groups is 1. The number of nitrogens with two attached hydrogens (primary N) is 1. The highest BCUT2D eigenvalue weighted by Crippen LogP contribution is 2.44. The number of carbonyl (C=O) groups excluding carboxylic acids is 1. The first-order valence-electron chi connectivity index (χ1n) is 7.25.